The van der Waals surface area contributed by atoms with Crippen molar-refractivity contribution < 1.29 is 28.5 Å². The molecule has 0 unspecified atom stereocenters. The van der Waals surface area contributed by atoms with Crippen LogP contribution in [0.1, 0.15) is 12.5 Å². The van der Waals surface area contributed by atoms with Gasteiger partial charge in [0.25, 0.3) is 0 Å². The number of Topliss-reactive ketones (excluding diaryl/α,β-unsaturated/α-hetero) is 1. The van der Waals surface area contributed by atoms with Crippen molar-refractivity contribution in [1.29, 1.82) is 0 Å². The van der Waals surface area contributed by atoms with Crippen LogP contribution in [-0.4, -0.2) is 66.7 Å². The Labute approximate surface area is 227 Å². The minimum absolute atomic E-state index is 0.214. The van der Waals surface area contributed by atoms with Crippen LogP contribution in [0.15, 0.2) is 91.0 Å². The Bertz CT molecular complexity index is 881. The van der Waals surface area contributed by atoms with E-state index in [4.69, 9.17) is 0 Å². The second kappa shape index (κ2) is 25.1. The quantitative estimate of drug-likeness (QED) is 0.329. The number of amides is 2. The Balaban J connectivity index is 0.000000534. The van der Waals surface area contributed by atoms with Crippen LogP contribution < -0.4 is 10.6 Å². The molecule has 208 valence electrons. The van der Waals surface area contributed by atoms with Crippen molar-refractivity contribution in [3.05, 3.63) is 96.6 Å². The maximum Gasteiger partial charge on any atom is 0.323 e. The molecule has 0 heterocycles. The normalized spacial score (nSPS) is 9.29. The van der Waals surface area contributed by atoms with Gasteiger partial charge in [-0.3, -0.25) is 4.79 Å². The zero-order valence-corrected chi connectivity index (χ0v) is 23.1. The topological polar surface area (TPSA) is 95.1 Å². The Hall–Kier alpha value is -3.56. The fraction of sp³-hybridized carbons (Fsp3) is 0.333. The van der Waals surface area contributed by atoms with Gasteiger partial charge in [-0.05, 0) is 36.8 Å². The van der Waals surface area contributed by atoms with Gasteiger partial charge in [0.05, 0.1) is 26.4 Å². The fourth-order valence-electron chi connectivity index (χ4n) is 2.55. The van der Waals surface area contributed by atoms with Gasteiger partial charge < -0.3 is 29.6 Å². The number of hydrogen-bond donors (Lipinski definition) is 2. The average molecular weight is 527 g/mol. The van der Waals surface area contributed by atoms with Crippen molar-refractivity contribution >= 4 is 23.2 Å². The molecule has 0 saturated heterocycles. The van der Waals surface area contributed by atoms with Gasteiger partial charge in [-0.15, -0.1) is 0 Å². The first-order valence-corrected chi connectivity index (χ1v) is 12.1. The highest BCUT2D eigenvalue weighted by atomic mass is 16.5. The number of rotatable bonds is 10. The van der Waals surface area contributed by atoms with E-state index in [1.54, 1.807) is 35.4 Å². The number of methoxy groups -OCH3 is 4. The van der Waals surface area contributed by atoms with Gasteiger partial charge in [0.2, 0.25) is 0 Å². The lowest BCUT2D eigenvalue weighted by molar-refractivity contribution is -0.116. The van der Waals surface area contributed by atoms with Gasteiger partial charge in [0.15, 0.2) is 0 Å². The summed E-state index contributed by atoms with van der Waals surface area (Å²) in [6, 6.07) is 28.2. The van der Waals surface area contributed by atoms with E-state index in [0.29, 0.717) is 32.8 Å². The standard InChI is InChI=1S/C13H12N2O.C9H10O.2C4H10O2/c16-13(14-11-7-3-1-4-8-11)15-12-9-5-2-6-10-12;1-8(10)7-9-5-3-2-4-6-9;2*1-5-3-4-6-2/h1-10H,(H2,14,15,16);2-6H,7H2,1H3;2*3-4H2,1-2H3. The summed E-state index contributed by atoms with van der Waals surface area (Å²) < 4.78 is 18.6. The minimum Gasteiger partial charge on any atom is -0.382 e. The molecule has 0 aliphatic heterocycles. The molecule has 2 N–H and O–H groups in total. The molecule has 0 aliphatic carbocycles. The lowest BCUT2D eigenvalue weighted by Gasteiger charge is -2.06. The molecule has 0 spiro atoms. The van der Waals surface area contributed by atoms with Crippen LogP contribution in [0.3, 0.4) is 0 Å². The third kappa shape index (κ3) is 21.7. The molecule has 3 rings (SSSR count). The van der Waals surface area contributed by atoms with E-state index in [2.05, 4.69) is 29.6 Å². The first-order valence-electron chi connectivity index (χ1n) is 12.1. The number of carbonyl (C=O) groups excluding carboxylic acids is 2. The van der Waals surface area contributed by atoms with Crippen LogP contribution >= 0.6 is 0 Å². The predicted molar refractivity (Wildman–Crippen MR) is 154 cm³/mol. The molecular weight excluding hydrogens is 484 g/mol. The van der Waals surface area contributed by atoms with Crippen LogP contribution in [0.4, 0.5) is 16.2 Å². The molecule has 3 aromatic carbocycles. The summed E-state index contributed by atoms with van der Waals surface area (Å²) in [5.41, 5.74) is 2.64. The third-order valence-corrected chi connectivity index (χ3v) is 4.34. The molecule has 0 fully saturated rings. The van der Waals surface area contributed by atoms with E-state index in [1.165, 1.54) is 0 Å². The summed E-state index contributed by atoms with van der Waals surface area (Å²) in [5.74, 6) is 0.214. The van der Waals surface area contributed by atoms with E-state index in [1.807, 2.05) is 91.0 Å². The summed E-state index contributed by atoms with van der Waals surface area (Å²) in [6.07, 6.45) is 0.556. The van der Waals surface area contributed by atoms with Crippen molar-refractivity contribution in [3.8, 4) is 0 Å². The third-order valence-electron chi connectivity index (χ3n) is 4.34. The smallest absolute Gasteiger partial charge is 0.323 e. The Morgan fingerprint density at radius 1 is 0.553 bits per heavy atom. The highest BCUT2D eigenvalue weighted by Gasteiger charge is 2.00. The van der Waals surface area contributed by atoms with Crippen molar-refractivity contribution in [2.45, 2.75) is 13.3 Å². The summed E-state index contributed by atoms with van der Waals surface area (Å²) in [5, 5.41) is 5.48. The fourth-order valence-corrected chi connectivity index (χ4v) is 2.55. The van der Waals surface area contributed by atoms with Crippen LogP contribution in [0.25, 0.3) is 0 Å². The molecule has 0 aliphatic rings. The van der Waals surface area contributed by atoms with E-state index in [9.17, 15) is 9.59 Å². The highest BCUT2D eigenvalue weighted by Crippen LogP contribution is 2.08. The maximum absolute atomic E-state index is 11.6. The van der Waals surface area contributed by atoms with Crippen LogP contribution in [-0.2, 0) is 30.2 Å². The predicted octanol–water partition coefficient (Wildman–Crippen LogP) is 5.71. The number of carbonyl (C=O) groups is 2. The molecule has 0 bridgehead atoms. The molecular formula is C30H42N2O6. The second-order valence-electron chi connectivity index (χ2n) is 7.65. The van der Waals surface area contributed by atoms with Crippen molar-refractivity contribution in [2.24, 2.45) is 0 Å². The van der Waals surface area contributed by atoms with E-state index in [0.717, 1.165) is 16.9 Å². The molecule has 0 radical (unpaired) electrons. The lowest BCUT2D eigenvalue weighted by Crippen LogP contribution is -2.19. The average Bonchev–Trinajstić information content (AvgIpc) is 2.93. The van der Waals surface area contributed by atoms with Gasteiger partial charge in [0.1, 0.15) is 5.78 Å². The highest BCUT2D eigenvalue weighted by molar-refractivity contribution is 5.99. The molecule has 0 aromatic heterocycles. The van der Waals surface area contributed by atoms with Crippen LogP contribution in [0.2, 0.25) is 0 Å². The number of ether oxygens (including phenoxy) is 4. The second-order valence-corrected chi connectivity index (χ2v) is 7.65. The van der Waals surface area contributed by atoms with Crippen molar-refractivity contribution in [2.75, 3.05) is 65.5 Å². The molecule has 38 heavy (non-hydrogen) atoms. The summed E-state index contributed by atoms with van der Waals surface area (Å²) >= 11 is 0. The molecule has 0 saturated carbocycles. The molecule has 3 aromatic rings. The molecule has 8 nitrogen and oxygen atoms in total. The molecule has 8 heteroatoms. The Morgan fingerprint density at radius 3 is 1.16 bits per heavy atom. The van der Waals surface area contributed by atoms with Crippen molar-refractivity contribution in [1.82, 2.24) is 0 Å². The number of ketones is 1. The first-order chi connectivity index (χ1) is 18.5. The molecule has 0 atom stereocenters. The molecule has 2 amide bonds. The zero-order valence-electron chi connectivity index (χ0n) is 23.1. The summed E-state index contributed by atoms with van der Waals surface area (Å²) in [4.78, 5) is 22.2. The van der Waals surface area contributed by atoms with Gasteiger partial charge >= 0.3 is 6.03 Å². The van der Waals surface area contributed by atoms with E-state index in [-0.39, 0.29) is 11.8 Å². The first kappa shape index (κ1) is 34.4. The van der Waals surface area contributed by atoms with Crippen LogP contribution in [0.5, 0.6) is 0 Å². The monoisotopic (exact) mass is 526 g/mol. The number of anilines is 2. The summed E-state index contributed by atoms with van der Waals surface area (Å²) in [6.45, 7) is 4.37. The number of nitrogens with one attached hydrogen (secondary N) is 2. The summed E-state index contributed by atoms with van der Waals surface area (Å²) in [7, 11) is 6.61. The van der Waals surface area contributed by atoms with Crippen molar-refractivity contribution in [3.63, 3.8) is 0 Å². The largest absolute Gasteiger partial charge is 0.382 e. The zero-order chi connectivity index (χ0) is 28.3. The number of urea groups is 1. The minimum atomic E-state index is -0.239. The SMILES string of the molecule is CC(=O)Cc1ccccc1.COCCOC.COCCOC.O=C(Nc1ccccc1)Nc1ccccc1. The Morgan fingerprint density at radius 2 is 0.868 bits per heavy atom. The maximum atomic E-state index is 11.6. The van der Waals surface area contributed by atoms with Gasteiger partial charge in [0, 0.05) is 46.2 Å². The lowest BCUT2D eigenvalue weighted by atomic mass is 10.1. The van der Waals surface area contributed by atoms with E-state index < -0.39 is 0 Å². The number of hydrogen-bond acceptors (Lipinski definition) is 6. The van der Waals surface area contributed by atoms with Crippen LogP contribution in [0, 0.1) is 0 Å². The number of para-hydroxylation sites is 2. The van der Waals surface area contributed by atoms with Gasteiger partial charge in [-0.25, -0.2) is 4.79 Å². The Kier molecular flexibility index (Phi) is 22.8. The van der Waals surface area contributed by atoms with Gasteiger partial charge in [-0.2, -0.15) is 0 Å². The van der Waals surface area contributed by atoms with E-state index >= 15 is 0 Å². The number of benzene rings is 3. The van der Waals surface area contributed by atoms with Gasteiger partial charge in [-0.1, -0.05) is 66.7 Å².